The first-order valence-corrected chi connectivity index (χ1v) is 9.53. The highest BCUT2D eigenvalue weighted by molar-refractivity contribution is 9.10. The van der Waals surface area contributed by atoms with E-state index in [-0.39, 0.29) is 25.1 Å². The van der Waals surface area contributed by atoms with Crippen LogP contribution in [0, 0.1) is 5.82 Å². The van der Waals surface area contributed by atoms with Crippen LogP contribution >= 0.6 is 15.9 Å². The van der Waals surface area contributed by atoms with Crippen LogP contribution in [0.15, 0.2) is 40.9 Å². The smallest absolute Gasteiger partial charge is 0.175 e. The van der Waals surface area contributed by atoms with E-state index in [4.69, 9.17) is 9.47 Å². The van der Waals surface area contributed by atoms with E-state index in [1.54, 1.807) is 18.2 Å². The Kier molecular flexibility index (Phi) is 8.35. The first-order chi connectivity index (χ1) is 12.6. The number of nitrogens with one attached hydrogen (secondary N) is 1. The number of ether oxygens (including phenoxy) is 2. The molecule has 0 saturated heterocycles. The molecule has 2 aromatic carbocycles. The van der Waals surface area contributed by atoms with Crippen LogP contribution in [-0.4, -0.2) is 24.4 Å². The molecule has 0 spiro atoms. The van der Waals surface area contributed by atoms with Gasteiger partial charge < -0.3 is 19.9 Å². The van der Waals surface area contributed by atoms with Crippen molar-refractivity contribution in [3.05, 3.63) is 57.8 Å². The quantitative estimate of drug-likeness (QED) is 0.591. The van der Waals surface area contributed by atoms with Crippen molar-refractivity contribution in [2.45, 2.75) is 39.5 Å². The van der Waals surface area contributed by atoms with Crippen LogP contribution in [0.4, 0.5) is 4.39 Å². The summed E-state index contributed by atoms with van der Waals surface area (Å²) in [5, 5.41) is 12.6. The van der Waals surface area contributed by atoms with Crippen LogP contribution in [0.25, 0.3) is 0 Å². The van der Waals surface area contributed by atoms with Crippen molar-refractivity contribution < 1.29 is 19.0 Å². The number of aliphatic hydroxyl groups is 1. The molecule has 0 aliphatic rings. The fourth-order valence-electron chi connectivity index (χ4n) is 2.49. The SMILES string of the molecule is CCOc1cc(CNC(CC)CO)cc(Br)c1OCc1ccccc1F. The van der Waals surface area contributed by atoms with Crippen LogP contribution in [0.1, 0.15) is 31.4 Å². The van der Waals surface area contributed by atoms with Gasteiger partial charge >= 0.3 is 0 Å². The highest BCUT2D eigenvalue weighted by atomic mass is 79.9. The number of hydrogen-bond acceptors (Lipinski definition) is 4. The molecule has 142 valence electrons. The second kappa shape index (κ2) is 10.5. The van der Waals surface area contributed by atoms with Gasteiger partial charge in [0.15, 0.2) is 11.5 Å². The van der Waals surface area contributed by atoms with Crippen LogP contribution in [0.5, 0.6) is 11.5 Å². The Labute approximate surface area is 162 Å². The van der Waals surface area contributed by atoms with Gasteiger partial charge in [0.2, 0.25) is 0 Å². The van der Waals surface area contributed by atoms with Crippen molar-refractivity contribution in [1.29, 1.82) is 0 Å². The zero-order valence-corrected chi connectivity index (χ0v) is 16.7. The monoisotopic (exact) mass is 425 g/mol. The summed E-state index contributed by atoms with van der Waals surface area (Å²) in [4.78, 5) is 0. The van der Waals surface area contributed by atoms with E-state index in [0.717, 1.165) is 16.5 Å². The highest BCUT2D eigenvalue weighted by Gasteiger charge is 2.14. The van der Waals surface area contributed by atoms with Crippen molar-refractivity contribution in [2.75, 3.05) is 13.2 Å². The summed E-state index contributed by atoms with van der Waals surface area (Å²) in [6.45, 7) is 5.23. The van der Waals surface area contributed by atoms with Gasteiger partial charge in [0, 0.05) is 18.2 Å². The van der Waals surface area contributed by atoms with Crippen molar-refractivity contribution in [1.82, 2.24) is 5.32 Å². The summed E-state index contributed by atoms with van der Waals surface area (Å²) in [6.07, 6.45) is 0.847. The molecule has 2 rings (SSSR count). The highest BCUT2D eigenvalue weighted by Crippen LogP contribution is 2.37. The van der Waals surface area contributed by atoms with Crippen molar-refractivity contribution in [3.8, 4) is 11.5 Å². The molecule has 2 N–H and O–H groups in total. The predicted octanol–water partition coefficient (Wildman–Crippen LogP) is 4.43. The number of rotatable bonds is 10. The molecular weight excluding hydrogens is 401 g/mol. The fraction of sp³-hybridized carbons (Fsp3) is 0.400. The zero-order valence-electron chi connectivity index (χ0n) is 15.1. The summed E-state index contributed by atoms with van der Waals surface area (Å²) < 4.78 is 26.1. The molecular formula is C20H25BrFNO3. The molecule has 0 heterocycles. The largest absolute Gasteiger partial charge is 0.490 e. The van der Waals surface area contributed by atoms with Gasteiger partial charge in [-0.2, -0.15) is 0 Å². The molecule has 0 aliphatic heterocycles. The molecule has 26 heavy (non-hydrogen) atoms. The lowest BCUT2D eigenvalue weighted by molar-refractivity contribution is 0.238. The van der Waals surface area contributed by atoms with Gasteiger partial charge in [-0.1, -0.05) is 25.1 Å². The maximum atomic E-state index is 13.8. The average molecular weight is 426 g/mol. The Bertz CT molecular complexity index is 707. The second-order valence-corrected chi connectivity index (χ2v) is 6.74. The molecule has 1 atom stereocenters. The zero-order chi connectivity index (χ0) is 18.9. The summed E-state index contributed by atoms with van der Waals surface area (Å²) in [7, 11) is 0. The minimum absolute atomic E-state index is 0.0568. The number of benzene rings is 2. The summed E-state index contributed by atoms with van der Waals surface area (Å²) in [5.41, 5.74) is 1.49. The Morgan fingerprint density at radius 2 is 1.96 bits per heavy atom. The normalized spacial score (nSPS) is 12.0. The minimum Gasteiger partial charge on any atom is -0.490 e. The molecule has 0 fully saturated rings. The number of aliphatic hydroxyl groups excluding tert-OH is 1. The molecule has 0 amide bonds. The molecule has 0 radical (unpaired) electrons. The van der Waals surface area contributed by atoms with Gasteiger partial charge in [0.05, 0.1) is 17.7 Å². The summed E-state index contributed by atoms with van der Waals surface area (Å²) in [6, 6.07) is 10.4. The standard InChI is InChI=1S/C20H25BrFNO3/c1-3-16(12-24)23-11-14-9-17(21)20(19(10-14)25-4-2)26-13-15-7-5-6-8-18(15)22/h5-10,16,23-24H,3-4,11-13H2,1-2H3. The lowest BCUT2D eigenvalue weighted by atomic mass is 10.1. The number of hydrogen-bond donors (Lipinski definition) is 2. The van der Waals surface area contributed by atoms with Crippen LogP contribution in [0.2, 0.25) is 0 Å². The topological polar surface area (TPSA) is 50.7 Å². The van der Waals surface area contributed by atoms with Gasteiger partial charge in [-0.15, -0.1) is 0 Å². The van der Waals surface area contributed by atoms with E-state index in [1.807, 2.05) is 26.0 Å². The van der Waals surface area contributed by atoms with E-state index < -0.39 is 0 Å². The first-order valence-electron chi connectivity index (χ1n) is 8.74. The van der Waals surface area contributed by atoms with Crippen LogP contribution < -0.4 is 14.8 Å². The lowest BCUT2D eigenvalue weighted by Crippen LogP contribution is -2.31. The molecule has 2 aromatic rings. The molecule has 0 aromatic heterocycles. The molecule has 0 aliphatic carbocycles. The van der Waals surface area contributed by atoms with Crippen molar-refractivity contribution >= 4 is 15.9 Å². The van der Waals surface area contributed by atoms with Gasteiger partial charge in [-0.05, 0) is 53.0 Å². The van der Waals surface area contributed by atoms with Crippen LogP contribution in [0.3, 0.4) is 0 Å². The Balaban J connectivity index is 2.16. The van der Waals surface area contributed by atoms with Crippen LogP contribution in [-0.2, 0) is 13.2 Å². The molecule has 0 saturated carbocycles. The Hall–Kier alpha value is -1.63. The third-order valence-electron chi connectivity index (χ3n) is 4.01. The lowest BCUT2D eigenvalue weighted by Gasteiger charge is -2.18. The van der Waals surface area contributed by atoms with Gasteiger partial charge in [-0.3, -0.25) is 0 Å². The molecule has 4 nitrogen and oxygen atoms in total. The van der Waals surface area contributed by atoms with Gasteiger partial charge in [0.25, 0.3) is 0 Å². The summed E-state index contributed by atoms with van der Waals surface area (Å²) in [5.74, 6) is 0.858. The third kappa shape index (κ3) is 5.69. The molecule has 6 heteroatoms. The molecule has 0 bridgehead atoms. The second-order valence-electron chi connectivity index (χ2n) is 5.89. The van der Waals surface area contributed by atoms with E-state index in [1.165, 1.54) is 6.07 Å². The van der Waals surface area contributed by atoms with Gasteiger partial charge in [-0.25, -0.2) is 4.39 Å². The fourth-order valence-corrected chi connectivity index (χ4v) is 3.10. The van der Waals surface area contributed by atoms with E-state index in [2.05, 4.69) is 21.2 Å². The Morgan fingerprint density at radius 1 is 1.19 bits per heavy atom. The maximum Gasteiger partial charge on any atom is 0.175 e. The first kappa shape index (κ1) is 20.7. The minimum atomic E-state index is -0.294. The number of halogens is 2. The van der Waals surface area contributed by atoms with E-state index in [9.17, 15) is 9.50 Å². The van der Waals surface area contributed by atoms with E-state index >= 15 is 0 Å². The third-order valence-corrected chi connectivity index (χ3v) is 4.60. The van der Waals surface area contributed by atoms with Gasteiger partial charge in [0.1, 0.15) is 12.4 Å². The van der Waals surface area contributed by atoms with E-state index in [0.29, 0.717) is 30.2 Å². The van der Waals surface area contributed by atoms with Crippen molar-refractivity contribution in [3.63, 3.8) is 0 Å². The summed E-state index contributed by atoms with van der Waals surface area (Å²) >= 11 is 3.53. The molecule has 1 unspecified atom stereocenters. The maximum absolute atomic E-state index is 13.8. The van der Waals surface area contributed by atoms with Crippen molar-refractivity contribution in [2.24, 2.45) is 0 Å². The predicted molar refractivity (Wildman–Crippen MR) is 104 cm³/mol. The Morgan fingerprint density at radius 3 is 2.62 bits per heavy atom. The average Bonchev–Trinajstić information content (AvgIpc) is 2.63.